The molecular formula is C30H41N5O. The Bertz CT molecular complexity index is 1140. The number of carbonyl (C=O) groups excluding carboxylic acids is 1. The summed E-state index contributed by atoms with van der Waals surface area (Å²) in [6, 6.07) is 15.1. The highest BCUT2D eigenvalue weighted by molar-refractivity contribution is 5.79. The minimum Gasteiger partial charge on any atom is -0.355 e. The fourth-order valence-electron chi connectivity index (χ4n) is 6.10. The molecule has 0 radical (unpaired) electrons. The van der Waals surface area contributed by atoms with Gasteiger partial charge in [0.15, 0.2) is 5.82 Å². The third-order valence-corrected chi connectivity index (χ3v) is 8.12. The van der Waals surface area contributed by atoms with Crippen LogP contribution < -0.4 is 10.2 Å². The average molecular weight is 488 g/mol. The zero-order chi connectivity index (χ0) is 25.1. The molecule has 2 fully saturated rings. The van der Waals surface area contributed by atoms with Gasteiger partial charge in [0, 0.05) is 36.4 Å². The van der Waals surface area contributed by atoms with Crippen LogP contribution in [0, 0.1) is 26.7 Å². The number of hydrogen-bond acceptors (Lipinski definition) is 3. The van der Waals surface area contributed by atoms with Gasteiger partial charge in [-0.1, -0.05) is 50.3 Å². The highest BCUT2D eigenvalue weighted by Crippen LogP contribution is 2.35. The summed E-state index contributed by atoms with van der Waals surface area (Å²) in [6.07, 6.45) is 10.5. The molecule has 36 heavy (non-hydrogen) atoms. The first-order chi connectivity index (χ1) is 17.5. The van der Waals surface area contributed by atoms with Crippen LogP contribution in [0.15, 0.2) is 42.5 Å². The number of anilines is 1. The van der Waals surface area contributed by atoms with Gasteiger partial charge in [0.1, 0.15) is 5.69 Å². The first-order valence-electron chi connectivity index (χ1n) is 13.9. The fourth-order valence-corrected chi connectivity index (χ4v) is 6.10. The summed E-state index contributed by atoms with van der Waals surface area (Å²) in [5.74, 6) is 1.49. The summed E-state index contributed by atoms with van der Waals surface area (Å²) in [6.45, 7) is 8.12. The summed E-state index contributed by atoms with van der Waals surface area (Å²) < 4.78 is 4.42. The third-order valence-electron chi connectivity index (χ3n) is 8.12. The zero-order valence-corrected chi connectivity index (χ0v) is 22.2. The van der Waals surface area contributed by atoms with Crippen LogP contribution in [-0.2, 0) is 4.79 Å². The Morgan fingerprint density at radius 2 is 1.44 bits per heavy atom. The van der Waals surface area contributed by atoms with Crippen molar-refractivity contribution in [1.82, 2.24) is 19.7 Å². The van der Waals surface area contributed by atoms with Crippen molar-refractivity contribution in [3.05, 3.63) is 59.5 Å². The SMILES string of the molecule is Cc1nn(-c2ccccc2)c(N2CCC(C(=O)NC3CCCCCCC3)CC2)c1-n1c(C)ccc1C. The Hall–Kier alpha value is -3.02. The van der Waals surface area contributed by atoms with Crippen LogP contribution in [0.2, 0.25) is 0 Å². The van der Waals surface area contributed by atoms with Gasteiger partial charge in [0.25, 0.3) is 0 Å². The number of piperidine rings is 1. The van der Waals surface area contributed by atoms with Gasteiger partial charge in [-0.25, -0.2) is 4.68 Å². The van der Waals surface area contributed by atoms with E-state index in [9.17, 15) is 4.79 Å². The molecule has 3 heterocycles. The average Bonchev–Trinajstić information content (AvgIpc) is 3.38. The van der Waals surface area contributed by atoms with Gasteiger partial charge in [-0.05, 0) is 70.7 Å². The lowest BCUT2D eigenvalue weighted by Gasteiger charge is -2.34. The summed E-state index contributed by atoms with van der Waals surface area (Å²) >= 11 is 0. The van der Waals surface area contributed by atoms with Crippen molar-refractivity contribution in [2.75, 3.05) is 18.0 Å². The van der Waals surface area contributed by atoms with E-state index in [0.717, 1.165) is 61.7 Å². The van der Waals surface area contributed by atoms with Crippen molar-refractivity contribution in [2.24, 2.45) is 5.92 Å². The van der Waals surface area contributed by atoms with Gasteiger partial charge in [0.2, 0.25) is 5.91 Å². The number of rotatable bonds is 5. The Balaban J connectivity index is 1.38. The quantitative estimate of drug-likeness (QED) is 0.478. The summed E-state index contributed by atoms with van der Waals surface area (Å²) in [7, 11) is 0. The molecule has 0 bridgehead atoms. The molecule has 2 aromatic heterocycles. The molecule has 6 nitrogen and oxygen atoms in total. The molecule has 1 aliphatic carbocycles. The number of nitrogens with one attached hydrogen (secondary N) is 1. The second kappa shape index (κ2) is 10.9. The van der Waals surface area contributed by atoms with Crippen LogP contribution in [0.3, 0.4) is 0 Å². The monoisotopic (exact) mass is 487 g/mol. The smallest absolute Gasteiger partial charge is 0.223 e. The normalized spacial score (nSPS) is 18.1. The Morgan fingerprint density at radius 1 is 0.833 bits per heavy atom. The molecule has 2 aliphatic rings. The number of nitrogens with zero attached hydrogens (tertiary/aromatic N) is 4. The predicted molar refractivity (Wildman–Crippen MR) is 146 cm³/mol. The van der Waals surface area contributed by atoms with Crippen LogP contribution in [-0.4, -0.2) is 39.4 Å². The molecule has 192 valence electrons. The number of para-hydroxylation sites is 1. The number of amides is 1. The number of carbonyl (C=O) groups is 1. The van der Waals surface area contributed by atoms with Crippen molar-refractivity contribution in [3.8, 4) is 11.4 Å². The molecule has 0 spiro atoms. The largest absolute Gasteiger partial charge is 0.355 e. The van der Waals surface area contributed by atoms with E-state index in [1.165, 1.54) is 43.5 Å². The van der Waals surface area contributed by atoms with E-state index in [2.05, 4.69) is 76.6 Å². The lowest BCUT2D eigenvalue weighted by Crippen LogP contribution is -2.44. The summed E-state index contributed by atoms with van der Waals surface area (Å²) in [5.41, 5.74) is 5.64. The highest BCUT2D eigenvalue weighted by Gasteiger charge is 2.31. The minimum atomic E-state index is 0.0967. The van der Waals surface area contributed by atoms with Crippen molar-refractivity contribution >= 4 is 11.7 Å². The Labute approximate surface area is 215 Å². The van der Waals surface area contributed by atoms with E-state index < -0.39 is 0 Å². The third kappa shape index (κ3) is 5.09. The van der Waals surface area contributed by atoms with Crippen LogP contribution in [0.5, 0.6) is 0 Å². The summed E-state index contributed by atoms with van der Waals surface area (Å²) in [5, 5.41) is 8.44. The Morgan fingerprint density at radius 3 is 2.08 bits per heavy atom. The fraction of sp³-hybridized carbons (Fsp3) is 0.533. The molecule has 1 amide bonds. The Kier molecular flexibility index (Phi) is 7.49. The maximum absolute atomic E-state index is 13.2. The number of hydrogen-bond donors (Lipinski definition) is 1. The molecule has 1 aliphatic heterocycles. The number of aromatic nitrogens is 3. The van der Waals surface area contributed by atoms with Crippen LogP contribution in [0.1, 0.15) is 74.9 Å². The van der Waals surface area contributed by atoms with Crippen molar-refractivity contribution in [3.63, 3.8) is 0 Å². The first kappa shape index (κ1) is 24.7. The van der Waals surface area contributed by atoms with E-state index in [0.29, 0.717) is 6.04 Å². The van der Waals surface area contributed by atoms with Crippen LogP contribution >= 0.6 is 0 Å². The molecule has 0 unspecified atom stereocenters. The lowest BCUT2D eigenvalue weighted by atomic mass is 9.93. The maximum atomic E-state index is 13.2. The zero-order valence-electron chi connectivity index (χ0n) is 22.2. The highest BCUT2D eigenvalue weighted by atomic mass is 16.1. The van der Waals surface area contributed by atoms with Gasteiger partial charge in [-0.2, -0.15) is 5.10 Å². The van der Waals surface area contributed by atoms with E-state index in [-0.39, 0.29) is 11.8 Å². The van der Waals surface area contributed by atoms with Crippen molar-refractivity contribution in [2.45, 2.75) is 84.6 Å². The van der Waals surface area contributed by atoms with Gasteiger partial charge in [-0.3, -0.25) is 4.79 Å². The molecule has 1 saturated heterocycles. The standard InChI is InChI=1S/C30H41N5O/c1-22-16-17-23(2)34(22)28-24(3)32-35(27-14-10-7-11-15-27)30(28)33-20-18-25(19-21-33)29(36)31-26-12-8-5-4-6-9-13-26/h7,10-11,14-17,25-26H,4-6,8-9,12-13,18-21H2,1-3H3,(H,31,36). The molecule has 5 rings (SSSR count). The number of benzene rings is 1. The molecule has 1 aromatic carbocycles. The van der Waals surface area contributed by atoms with E-state index >= 15 is 0 Å². The van der Waals surface area contributed by atoms with E-state index in [1.54, 1.807) is 0 Å². The predicted octanol–water partition coefficient (Wildman–Crippen LogP) is 6.03. The van der Waals surface area contributed by atoms with Gasteiger partial charge in [0.05, 0.1) is 11.4 Å². The maximum Gasteiger partial charge on any atom is 0.223 e. The second-order valence-electron chi connectivity index (χ2n) is 10.8. The van der Waals surface area contributed by atoms with Crippen molar-refractivity contribution < 1.29 is 4.79 Å². The van der Waals surface area contributed by atoms with Crippen LogP contribution in [0.4, 0.5) is 5.82 Å². The van der Waals surface area contributed by atoms with Crippen molar-refractivity contribution in [1.29, 1.82) is 0 Å². The second-order valence-corrected chi connectivity index (χ2v) is 10.8. The van der Waals surface area contributed by atoms with E-state index in [4.69, 9.17) is 5.10 Å². The van der Waals surface area contributed by atoms with Gasteiger partial charge < -0.3 is 14.8 Å². The molecule has 0 atom stereocenters. The first-order valence-corrected chi connectivity index (χ1v) is 13.9. The molecule has 3 aromatic rings. The molecule has 1 saturated carbocycles. The molecule has 1 N–H and O–H groups in total. The summed E-state index contributed by atoms with van der Waals surface area (Å²) in [4.78, 5) is 15.6. The van der Waals surface area contributed by atoms with E-state index in [1.807, 2.05) is 6.07 Å². The molecule has 6 heteroatoms. The van der Waals surface area contributed by atoms with Gasteiger partial charge in [-0.15, -0.1) is 0 Å². The van der Waals surface area contributed by atoms with Crippen LogP contribution in [0.25, 0.3) is 11.4 Å². The number of aryl methyl sites for hydroxylation is 3. The minimum absolute atomic E-state index is 0.0967. The molecular weight excluding hydrogens is 446 g/mol. The topological polar surface area (TPSA) is 55.1 Å². The lowest BCUT2D eigenvalue weighted by molar-refractivity contribution is -0.126. The van der Waals surface area contributed by atoms with Gasteiger partial charge >= 0.3 is 0 Å².